The zero-order valence-corrected chi connectivity index (χ0v) is 20.3. The van der Waals surface area contributed by atoms with Crippen LogP contribution in [0.25, 0.3) is 11.4 Å². The number of rotatable bonds is 9. The smallest absolute Gasteiger partial charge is 0.234 e. The molecule has 0 unspecified atom stereocenters. The van der Waals surface area contributed by atoms with E-state index in [0.29, 0.717) is 17.2 Å². The summed E-state index contributed by atoms with van der Waals surface area (Å²) in [5, 5.41) is 14.9. The van der Waals surface area contributed by atoms with E-state index in [1.165, 1.54) is 47.0 Å². The third kappa shape index (κ3) is 4.78. The number of aromatic nitrogens is 3. The second kappa shape index (κ2) is 10.4. The Balaban J connectivity index is 1.48. The van der Waals surface area contributed by atoms with Crippen LogP contribution in [0.4, 0.5) is 5.69 Å². The van der Waals surface area contributed by atoms with Gasteiger partial charge in [-0.3, -0.25) is 4.79 Å². The fraction of sp³-hybridized carbons (Fsp3) is 0.435. The molecule has 1 aromatic carbocycles. The number of amides is 1. The summed E-state index contributed by atoms with van der Waals surface area (Å²) in [5.74, 6) is 2.26. The SMILES string of the molecule is CCCn1c(SCC(=O)Nc2ccc(OC)cc2OC)nnc1-c1csc2c1CCCC2. The number of aryl methyl sites for hydroxylation is 1. The van der Waals surface area contributed by atoms with Gasteiger partial charge in [0.05, 0.1) is 25.7 Å². The number of thioether (sulfide) groups is 1. The first-order valence-electron chi connectivity index (χ1n) is 10.8. The van der Waals surface area contributed by atoms with E-state index in [0.717, 1.165) is 30.4 Å². The Morgan fingerprint density at radius 1 is 1.22 bits per heavy atom. The Kier molecular flexibility index (Phi) is 7.36. The molecule has 2 heterocycles. The van der Waals surface area contributed by atoms with Crippen molar-refractivity contribution in [2.45, 2.75) is 50.7 Å². The molecular formula is C23H28N4O3S2. The molecule has 1 amide bonds. The second-order valence-electron chi connectivity index (χ2n) is 7.62. The van der Waals surface area contributed by atoms with Crippen molar-refractivity contribution in [3.63, 3.8) is 0 Å². The van der Waals surface area contributed by atoms with E-state index >= 15 is 0 Å². The highest BCUT2D eigenvalue weighted by molar-refractivity contribution is 7.99. The van der Waals surface area contributed by atoms with E-state index in [1.807, 2.05) is 11.3 Å². The Hall–Kier alpha value is -2.52. The summed E-state index contributed by atoms with van der Waals surface area (Å²) in [4.78, 5) is 14.1. The molecule has 2 aromatic heterocycles. The Bertz CT molecular complexity index is 1090. The molecule has 0 fully saturated rings. The molecule has 0 spiro atoms. The number of hydrogen-bond acceptors (Lipinski definition) is 7. The van der Waals surface area contributed by atoms with E-state index < -0.39 is 0 Å². The standard InChI is InChI=1S/C23H28N4O3S2/c1-4-11-27-22(17-13-31-20-8-6-5-7-16(17)20)25-26-23(27)32-14-21(28)24-18-10-9-15(29-2)12-19(18)30-3/h9-10,12-13H,4-8,11,14H2,1-3H3,(H,24,28). The van der Waals surface area contributed by atoms with Crippen LogP contribution in [-0.4, -0.2) is 40.6 Å². The van der Waals surface area contributed by atoms with Gasteiger partial charge in [0.2, 0.25) is 5.91 Å². The number of nitrogens with one attached hydrogen (secondary N) is 1. The van der Waals surface area contributed by atoms with Crippen LogP contribution in [0.3, 0.4) is 0 Å². The number of ether oxygens (including phenoxy) is 2. The minimum Gasteiger partial charge on any atom is -0.497 e. The van der Waals surface area contributed by atoms with Gasteiger partial charge < -0.3 is 19.4 Å². The van der Waals surface area contributed by atoms with E-state index in [2.05, 4.69) is 32.4 Å². The van der Waals surface area contributed by atoms with Crippen LogP contribution >= 0.6 is 23.1 Å². The first kappa shape index (κ1) is 22.7. The average molecular weight is 473 g/mol. The van der Waals surface area contributed by atoms with Crippen molar-refractivity contribution in [1.29, 1.82) is 0 Å². The third-order valence-electron chi connectivity index (χ3n) is 5.48. The summed E-state index contributed by atoms with van der Waals surface area (Å²) in [6.07, 6.45) is 5.75. The monoisotopic (exact) mass is 472 g/mol. The topological polar surface area (TPSA) is 78.3 Å². The molecule has 4 rings (SSSR count). The van der Waals surface area contributed by atoms with E-state index in [9.17, 15) is 4.79 Å². The van der Waals surface area contributed by atoms with E-state index in [4.69, 9.17) is 9.47 Å². The number of fused-ring (bicyclic) bond motifs is 1. The molecule has 0 atom stereocenters. The van der Waals surface area contributed by atoms with Gasteiger partial charge in [-0.2, -0.15) is 0 Å². The average Bonchev–Trinajstić information content (AvgIpc) is 3.42. The number of benzene rings is 1. The van der Waals surface area contributed by atoms with Gasteiger partial charge in [0, 0.05) is 28.4 Å². The van der Waals surface area contributed by atoms with Gasteiger partial charge in [-0.05, 0) is 49.8 Å². The van der Waals surface area contributed by atoms with Crippen LogP contribution in [0.5, 0.6) is 11.5 Å². The van der Waals surface area contributed by atoms with Crippen molar-refractivity contribution in [2.75, 3.05) is 25.3 Å². The van der Waals surface area contributed by atoms with Crippen LogP contribution in [-0.2, 0) is 24.2 Å². The van der Waals surface area contributed by atoms with Crippen LogP contribution in [0.2, 0.25) is 0 Å². The normalized spacial score (nSPS) is 13.0. The molecule has 1 aliphatic carbocycles. The number of hydrogen-bond donors (Lipinski definition) is 1. The summed E-state index contributed by atoms with van der Waals surface area (Å²) in [6, 6.07) is 5.31. The Morgan fingerprint density at radius 3 is 2.84 bits per heavy atom. The lowest BCUT2D eigenvalue weighted by atomic mass is 9.95. The lowest BCUT2D eigenvalue weighted by Gasteiger charge is -2.14. The summed E-state index contributed by atoms with van der Waals surface area (Å²) in [5.41, 5.74) is 3.26. The van der Waals surface area contributed by atoms with Crippen molar-refractivity contribution in [1.82, 2.24) is 14.8 Å². The lowest BCUT2D eigenvalue weighted by Crippen LogP contribution is -2.15. The van der Waals surface area contributed by atoms with Gasteiger partial charge >= 0.3 is 0 Å². The van der Waals surface area contributed by atoms with Crippen LogP contribution in [0.15, 0.2) is 28.7 Å². The van der Waals surface area contributed by atoms with Crippen LogP contribution in [0.1, 0.15) is 36.6 Å². The predicted octanol–water partition coefficient (Wildman–Crippen LogP) is 5.04. The molecular weight excluding hydrogens is 444 g/mol. The number of carbonyl (C=O) groups excluding carboxylic acids is 1. The van der Waals surface area contributed by atoms with Gasteiger partial charge in [-0.15, -0.1) is 21.5 Å². The number of anilines is 1. The van der Waals surface area contributed by atoms with Gasteiger partial charge in [-0.25, -0.2) is 0 Å². The molecule has 0 saturated carbocycles. The molecule has 0 saturated heterocycles. The van der Waals surface area contributed by atoms with Crippen molar-refractivity contribution >= 4 is 34.7 Å². The first-order chi connectivity index (χ1) is 15.6. The molecule has 3 aromatic rings. The summed E-state index contributed by atoms with van der Waals surface area (Å²) in [6.45, 7) is 2.97. The number of thiophene rings is 1. The minimum atomic E-state index is -0.126. The number of nitrogens with zero attached hydrogens (tertiary/aromatic N) is 3. The minimum absolute atomic E-state index is 0.126. The molecule has 1 N–H and O–H groups in total. The Morgan fingerprint density at radius 2 is 2.06 bits per heavy atom. The quantitative estimate of drug-likeness (QED) is 0.440. The van der Waals surface area contributed by atoms with Gasteiger partial charge in [0.25, 0.3) is 0 Å². The molecule has 0 bridgehead atoms. The molecule has 0 radical (unpaired) electrons. The Labute approximate surface area is 196 Å². The highest BCUT2D eigenvalue weighted by Gasteiger charge is 2.22. The van der Waals surface area contributed by atoms with Crippen LogP contribution in [0, 0.1) is 0 Å². The molecule has 170 valence electrons. The first-order valence-corrected chi connectivity index (χ1v) is 12.7. The zero-order valence-electron chi connectivity index (χ0n) is 18.6. The van der Waals surface area contributed by atoms with Crippen molar-refractivity contribution in [3.8, 4) is 22.9 Å². The highest BCUT2D eigenvalue weighted by atomic mass is 32.2. The fourth-order valence-corrected chi connectivity index (χ4v) is 5.81. The van der Waals surface area contributed by atoms with Gasteiger partial charge in [0.1, 0.15) is 11.5 Å². The van der Waals surface area contributed by atoms with E-state index in [-0.39, 0.29) is 11.7 Å². The molecule has 9 heteroatoms. The van der Waals surface area contributed by atoms with Crippen molar-refractivity contribution in [2.24, 2.45) is 0 Å². The summed E-state index contributed by atoms with van der Waals surface area (Å²) < 4.78 is 12.7. The highest BCUT2D eigenvalue weighted by Crippen LogP contribution is 2.37. The zero-order chi connectivity index (χ0) is 22.5. The number of methoxy groups -OCH3 is 2. The van der Waals surface area contributed by atoms with E-state index in [1.54, 1.807) is 32.4 Å². The second-order valence-corrected chi connectivity index (χ2v) is 9.53. The maximum absolute atomic E-state index is 12.6. The van der Waals surface area contributed by atoms with Gasteiger partial charge in [0.15, 0.2) is 11.0 Å². The third-order valence-corrected chi connectivity index (χ3v) is 7.54. The van der Waals surface area contributed by atoms with Crippen LogP contribution < -0.4 is 14.8 Å². The molecule has 1 aliphatic rings. The van der Waals surface area contributed by atoms with Crippen molar-refractivity contribution in [3.05, 3.63) is 34.0 Å². The largest absolute Gasteiger partial charge is 0.497 e. The summed E-state index contributed by atoms with van der Waals surface area (Å²) >= 11 is 3.24. The molecule has 0 aliphatic heterocycles. The number of carbonyl (C=O) groups is 1. The molecule has 7 nitrogen and oxygen atoms in total. The molecule has 32 heavy (non-hydrogen) atoms. The van der Waals surface area contributed by atoms with Crippen molar-refractivity contribution < 1.29 is 14.3 Å². The maximum Gasteiger partial charge on any atom is 0.234 e. The maximum atomic E-state index is 12.6. The predicted molar refractivity (Wildman–Crippen MR) is 129 cm³/mol. The van der Waals surface area contributed by atoms with Gasteiger partial charge in [-0.1, -0.05) is 18.7 Å². The lowest BCUT2D eigenvalue weighted by molar-refractivity contribution is -0.113. The fourth-order valence-electron chi connectivity index (χ4n) is 3.92. The summed E-state index contributed by atoms with van der Waals surface area (Å²) in [7, 11) is 3.16.